The van der Waals surface area contributed by atoms with Crippen molar-refractivity contribution in [3.05, 3.63) is 33.9 Å². The highest BCUT2D eigenvalue weighted by atomic mass is 16.6. The van der Waals surface area contributed by atoms with Gasteiger partial charge in [-0.1, -0.05) is 6.07 Å². The van der Waals surface area contributed by atoms with Crippen LogP contribution in [0.5, 0.6) is 5.75 Å². The van der Waals surface area contributed by atoms with Gasteiger partial charge in [0.25, 0.3) is 5.69 Å². The van der Waals surface area contributed by atoms with Crippen LogP contribution in [0.4, 0.5) is 10.5 Å². The Morgan fingerprint density at radius 3 is 2.75 bits per heavy atom. The highest BCUT2D eigenvalue weighted by Crippen LogP contribution is 2.28. The molecule has 1 aromatic carbocycles. The number of ether oxygens (including phenoxy) is 2. The maximum atomic E-state index is 12.3. The molecule has 0 radical (unpaired) electrons. The summed E-state index contributed by atoms with van der Waals surface area (Å²) in [7, 11) is 0. The Hall–Kier alpha value is -2.31. The molecule has 7 heteroatoms. The van der Waals surface area contributed by atoms with E-state index >= 15 is 0 Å². The largest absolute Gasteiger partial charge is 0.491 e. The molecule has 1 aliphatic heterocycles. The van der Waals surface area contributed by atoms with E-state index in [1.807, 2.05) is 20.8 Å². The van der Waals surface area contributed by atoms with Crippen molar-refractivity contribution in [1.29, 1.82) is 0 Å². The zero-order valence-electron chi connectivity index (χ0n) is 14.6. The van der Waals surface area contributed by atoms with E-state index in [1.165, 1.54) is 6.07 Å². The Labute approximate surface area is 141 Å². The SMILES string of the molecule is Cc1c(OC[C@@H]2CCCN2C(=O)OC(C)(C)C)cccc1[N+](=O)[O-]. The minimum Gasteiger partial charge on any atom is -0.491 e. The molecule has 7 nitrogen and oxygen atoms in total. The van der Waals surface area contributed by atoms with Gasteiger partial charge in [-0.25, -0.2) is 4.79 Å². The number of likely N-dealkylation sites (tertiary alicyclic amines) is 1. The van der Waals surface area contributed by atoms with Crippen LogP contribution >= 0.6 is 0 Å². The first-order valence-corrected chi connectivity index (χ1v) is 8.05. The molecule has 1 aromatic rings. The van der Waals surface area contributed by atoms with Crippen molar-refractivity contribution in [3.8, 4) is 5.75 Å². The Morgan fingerprint density at radius 2 is 2.12 bits per heavy atom. The van der Waals surface area contributed by atoms with Crippen molar-refractivity contribution in [2.45, 2.75) is 52.2 Å². The third-order valence-corrected chi connectivity index (χ3v) is 3.89. The average molecular weight is 336 g/mol. The fraction of sp³-hybridized carbons (Fsp3) is 0.588. The number of hydrogen-bond acceptors (Lipinski definition) is 5. The van der Waals surface area contributed by atoms with Crippen LogP contribution in [0.15, 0.2) is 18.2 Å². The van der Waals surface area contributed by atoms with Crippen LogP contribution in [0.1, 0.15) is 39.2 Å². The molecule has 1 aliphatic rings. The zero-order chi connectivity index (χ0) is 17.9. The lowest BCUT2D eigenvalue weighted by atomic mass is 10.2. The molecule has 1 atom stereocenters. The van der Waals surface area contributed by atoms with Crippen LogP contribution in [0.3, 0.4) is 0 Å². The molecule has 0 spiro atoms. The molecule has 132 valence electrons. The monoisotopic (exact) mass is 336 g/mol. The molecule has 1 fully saturated rings. The molecule has 0 unspecified atom stereocenters. The van der Waals surface area contributed by atoms with Gasteiger partial charge in [-0.05, 0) is 46.6 Å². The molecule has 0 aliphatic carbocycles. The molecule has 24 heavy (non-hydrogen) atoms. The van der Waals surface area contributed by atoms with Gasteiger partial charge in [0.1, 0.15) is 18.0 Å². The maximum absolute atomic E-state index is 12.3. The maximum Gasteiger partial charge on any atom is 0.410 e. The molecule has 0 saturated carbocycles. The summed E-state index contributed by atoms with van der Waals surface area (Å²) in [4.78, 5) is 24.5. The summed E-state index contributed by atoms with van der Waals surface area (Å²) >= 11 is 0. The van der Waals surface area contributed by atoms with Crippen molar-refractivity contribution in [3.63, 3.8) is 0 Å². The summed E-state index contributed by atoms with van der Waals surface area (Å²) in [6.07, 6.45) is 1.37. The highest BCUT2D eigenvalue weighted by molar-refractivity contribution is 5.69. The van der Waals surface area contributed by atoms with E-state index in [4.69, 9.17) is 9.47 Å². The minimum atomic E-state index is -0.540. The highest BCUT2D eigenvalue weighted by Gasteiger charge is 2.32. The van der Waals surface area contributed by atoms with E-state index in [-0.39, 0.29) is 17.8 Å². The van der Waals surface area contributed by atoms with Gasteiger partial charge in [0.05, 0.1) is 16.5 Å². The van der Waals surface area contributed by atoms with Crippen molar-refractivity contribution in [1.82, 2.24) is 4.90 Å². The van der Waals surface area contributed by atoms with Crippen LogP contribution in [0, 0.1) is 17.0 Å². The van der Waals surface area contributed by atoms with E-state index in [9.17, 15) is 14.9 Å². The first kappa shape index (κ1) is 18.0. The summed E-state index contributed by atoms with van der Waals surface area (Å²) < 4.78 is 11.2. The number of nitro groups is 1. The van der Waals surface area contributed by atoms with Crippen LogP contribution in [0.2, 0.25) is 0 Å². The Bertz CT molecular complexity index is 624. The van der Waals surface area contributed by atoms with Crippen molar-refractivity contribution < 1.29 is 19.2 Å². The standard InChI is InChI=1S/C17H24N2O5/c1-12-14(19(21)22)8-5-9-15(12)23-11-13-7-6-10-18(13)16(20)24-17(2,3)4/h5,8-9,13H,6-7,10-11H2,1-4H3/t13-/m0/s1. The number of amides is 1. The summed E-state index contributed by atoms with van der Waals surface area (Å²) in [5, 5.41) is 11.0. The van der Waals surface area contributed by atoms with Crippen LogP contribution in [-0.4, -0.2) is 40.7 Å². The minimum absolute atomic E-state index is 0.0305. The number of carbonyl (C=O) groups is 1. The number of hydrogen-bond donors (Lipinski definition) is 0. The second-order valence-electron chi connectivity index (χ2n) is 6.94. The topological polar surface area (TPSA) is 81.9 Å². The number of nitro benzene ring substituents is 1. The van der Waals surface area contributed by atoms with Gasteiger partial charge in [0.2, 0.25) is 0 Å². The molecular formula is C17H24N2O5. The summed E-state index contributed by atoms with van der Waals surface area (Å²) in [6.45, 7) is 8.09. The lowest BCUT2D eigenvalue weighted by molar-refractivity contribution is -0.385. The van der Waals surface area contributed by atoms with Gasteiger partial charge in [-0.15, -0.1) is 0 Å². The summed E-state index contributed by atoms with van der Waals surface area (Å²) in [5.41, 5.74) is -0.0194. The van der Waals surface area contributed by atoms with E-state index < -0.39 is 10.5 Å². The predicted octanol–water partition coefficient (Wildman–Crippen LogP) is 3.68. The Morgan fingerprint density at radius 1 is 1.42 bits per heavy atom. The van der Waals surface area contributed by atoms with Gasteiger partial charge in [0, 0.05) is 12.6 Å². The molecule has 1 amide bonds. The second kappa shape index (κ2) is 7.07. The van der Waals surface area contributed by atoms with Gasteiger partial charge in [-0.2, -0.15) is 0 Å². The van der Waals surface area contributed by atoms with E-state index in [0.29, 0.717) is 24.5 Å². The number of rotatable bonds is 4. The normalized spacial score (nSPS) is 17.7. The molecule has 2 rings (SSSR count). The average Bonchev–Trinajstić information content (AvgIpc) is 2.92. The quantitative estimate of drug-likeness (QED) is 0.619. The smallest absolute Gasteiger partial charge is 0.410 e. The lowest BCUT2D eigenvalue weighted by Gasteiger charge is -2.28. The zero-order valence-corrected chi connectivity index (χ0v) is 14.6. The molecule has 0 bridgehead atoms. The first-order chi connectivity index (χ1) is 11.2. The number of nitrogens with zero attached hydrogens (tertiary/aromatic N) is 2. The molecule has 0 N–H and O–H groups in total. The van der Waals surface area contributed by atoms with E-state index in [2.05, 4.69) is 0 Å². The molecule has 1 heterocycles. The number of carbonyl (C=O) groups excluding carboxylic acids is 1. The second-order valence-corrected chi connectivity index (χ2v) is 6.94. The number of benzene rings is 1. The predicted molar refractivity (Wildman–Crippen MR) is 89.3 cm³/mol. The fourth-order valence-corrected chi connectivity index (χ4v) is 2.71. The van der Waals surface area contributed by atoms with Crippen LogP contribution in [0.25, 0.3) is 0 Å². The van der Waals surface area contributed by atoms with Crippen LogP contribution < -0.4 is 4.74 Å². The lowest BCUT2D eigenvalue weighted by Crippen LogP contribution is -2.42. The summed E-state index contributed by atoms with van der Waals surface area (Å²) in [5.74, 6) is 0.472. The Balaban J connectivity index is 2.02. The van der Waals surface area contributed by atoms with Gasteiger partial charge in [0.15, 0.2) is 0 Å². The van der Waals surface area contributed by atoms with E-state index in [1.54, 1.807) is 24.0 Å². The first-order valence-electron chi connectivity index (χ1n) is 8.05. The van der Waals surface area contributed by atoms with Crippen LogP contribution in [-0.2, 0) is 4.74 Å². The van der Waals surface area contributed by atoms with Crippen molar-refractivity contribution in [2.24, 2.45) is 0 Å². The van der Waals surface area contributed by atoms with Gasteiger partial charge >= 0.3 is 6.09 Å². The van der Waals surface area contributed by atoms with E-state index in [0.717, 1.165) is 12.8 Å². The third-order valence-electron chi connectivity index (χ3n) is 3.89. The molecule has 0 aromatic heterocycles. The third kappa shape index (κ3) is 4.37. The van der Waals surface area contributed by atoms with Gasteiger partial charge < -0.3 is 14.4 Å². The summed E-state index contributed by atoms with van der Waals surface area (Å²) in [6, 6.07) is 4.67. The molecular weight excluding hydrogens is 312 g/mol. The van der Waals surface area contributed by atoms with Crippen molar-refractivity contribution >= 4 is 11.8 Å². The van der Waals surface area contributed by atoms with Gasteiger partial charge in [-0.3, -0.25) is 10.1 Å². The van der Waals surface area contributed by atoms with Crippen molar-refractivity contribution in [2.75, 3.05) is 13.2 Å². The Kier molecular flexibility index (Phi) is 5.31. The fourth-order valence-electron chi connectivity index (χ4n) is 2.71. The molecule has 1 saturated heterocycles.